The Morgan fingerprint density at radius 2 is 2.00 bits per heavy atom. The summed E-state index contributed by atoms with van der Waals surface area (Å²) in [5, 5.41) is 6.63. The van der Waals surface area contributed by atoms with E-state index in [1.165, 1.54) is 12.8 Å². The van der Waals surface area contributed by atoms with Crippen molar-refractivity contribution >= 4 is 5.91 Å². The van der Waals surface area contributed by atoms with Crippen molar-refractivity contribution in [2.45, 2.75) is 51.5 Å². The van der Waals surface area contributed by atoms with Crippen molar-refractivity contribution in [2.24, 2.45) is 5.41 Å². The van der Waals surface area contributed by atoms with Crippen molar-refractivity contribution in [3.8, 4) is 0 Å². The zero-order chi connectivity index (χ0) is 13.9. The molecule has 0 spiro atoms. The first-order valence-electron chi connectivity index (χ1n) is 7.72. The van der Waals surface area contributed by atoms with Crippen LogP contribution in [0.3, 0.4) is 0 Å². The van der Waals surface area contributed by atoms with Crippen molar-refractivity contribution in [2.75, 3.05) is 33.2 Å². The normalized spacial score (nSPS) is 31.3. The molecule has 1 unspecified atom stereocenters. The van der Waals surface area contributed by atoms with Crippen LogP contribution in [0.5, 0.6) is 0 Å². The molecule has 19 heavy (non-hydrogen) atoms. The van der Waals surface area contributed by atoms with Crippen molar-refractivity contribution < 1.29 is 4.79 Å². The number of piperidine rings is 1. The van der Waals surface area contributed by atoms with Gasteiger partial charge in [-0.05, 0) is 64.2 Å². The Labute approximate surface area is 117 Å². The van der Waals surface area contributed by atoms with Gasteiger partial charge in [0.2, 0.25) is 5.91 Å². The third-order valence-electron chi connectivity index (χ3n) is 5.15. The monoisotopic (exact) mass is 267 g/mol. The van der Waals surface area contributed by atoms with Crippen molar-refractivity contribution in [1.29, 1.82) is 0 Å². The van der Waals surface area contributed by atoms with Gasteiger partial charge in [-0.3, -0.25) is 4.79 Å². The molecule has 4 nitrogen and oxygen atoms in total. The van der Waals surface area contributed by atoms with Gasteiger partial charge in [-0.2, -0.15) is 0 Å². The average Bonchev–Trinajstić information content (AvgIpc) is 2.90. The maximum atomic E-state index is 12.5. The van der Waals surface area contributed by atoms with Crippen molar-refractivity contribution in [3.63, 3.8) is 0 Å². The largest absolute Gasteiger partial charge is 0.354 e. The van der Waals surface area contributed by atoms with Gasteiger partial charge in [0, 0.05) is 6.54 Å². The highest BCUT2D eigenvalue weighted by Gasteiger charge is 2.40. The van der Waals surface area contributed by atoms with Crippen LogP contribution in [0.25, 0.3) is 0 Å². The highest BCUT2D eigenvalue weighted by molar-refractivity contribution is 5.86. The van der Waals surface area contributed by atoms with Gasteiger partial charge in [-0.15, -0.1) is 0 Å². The summed E-state index contributed by atoms with van der Waals surface area (Å²) in [5.41, 5.74) is -0.0163. The van der Waals surface area contributed by atoms with Gasteiger partial charge in [-0.25, -0.2) is 0 Å². The minimum absolute atomic E-state index is 0.215. The minimum Gasteiger partial charge on any atom is -0.354 e. The molecule has 0 saturated carbocycles. The van der Waals surface area contributed by atoms with E-state index in [2.05, 4.69) is 36.4 Å². The summed E-state index contributed by atoms with van der Waals surface area (Å²) in [6.45, 7) is 8.50. The van der Waals surface area contributed by atoms with Crippen LogP contribution in [0.1, 0.15) is 46.0 Å². The minimum atomic E-state index is -0.290. The number of nitrogens with zero attached hydrogens (tertiary/aromatic N) is 1. The number of amides is 1. The topological polar surface area (TPSA) is 44.4 Å². The third kappa shape index (κ3) is 3.29. The standard InChI is InChI=1S/C15H29N3O/c1-4-15(6-5-9-17-15)13(19)16-12-14(2)7-10-18(3)11-8-14/h17H,4-12H2,1-3H3,(H,16,19). The quantitative estimate of drug-likeness (QED) is 0.808. The molecular weight excluding hydrogens is 238 g/mol. The molecule has 0 bridgehead atoms. The second-order valence-electron chi connectivity index (χ2n) is 6.76. The molecule has 2 heterocycles. The fourth-order valence-electron chi connectivity index (χ4n) is 3.26. The summed E-state index contributed by atoms with van der Waals surface area (Å²) in [7, 11) is 2.17. The van der Waals surface area contributed by atoms with E-state index >= 15 is 0 Å². The molecule has 2 saturated heterocycles. The van der Waals surface area contributed by atoms with Crippen molar-refractivity contribution in [1.82, 2.24) is 15.5 Å². The van der Waals surface area contributed by atoms with Gasteiger partial charge in [0.25, 0.3) is 0 Å². The van der Waals surface area contributed by atoms with Gasteiger partial charge in [0.05, 0.1) is 5.54 Å². The smallest absolute Gasteiger partial charge is 0.240 e. The van der Waals surface area contributed by atoms with Crippen molar-refractivity contribution in [3.05, 3.63) is 0 Å². The lowest BCUT2D eigenvalue weighted by Gasteiger charge is -2.39. The maximum absolute atomic E-state index is 12.5. The molecule has 4 heteroatoms. The van der Waals surface area contributed by atoms with E-state index in [9.17, 15) is 4.79 Å². The third-order valence-corrected chi connectivity index (χ3v) is 5.15. The van der Waals surface area contributed by atoms with E-state index in [4.69, 9.17) is 0 Å². The van der Waals surface area contributed by atoms with E-state index in [-0.39, 0.29) is 16.9 Å². The van der Waals surface area contributed by atoms with Gasteiger partial charge < -0.3 is 15.5 Å². The Bertz CT molecular complexity index is 315. The summed E-state index contributed by atoms with van der Waals surface area (Å²) < 4.78 is 0. The maximum Gasteiger partial charge on any atom is 0.240 e. The number of carbonyl (C=O) groups is 1. The summed E-state index contributed by atoms with van der Waals surface area (Å²) in [5.74, 6) is 0.215. The molecule has 2 aliphatic rings. The van der Waals surface area contributed by atoms with Crippen LogP contribution in [-0.4, -0.2) is 49.6 Å². The number of hydrogen-bond donors (Lipinski definition) is 2. The van der Waals surface area contributed by atoms with E-state index < -0.39 is 0 Å². The Morgan fingerprint density at radius 3 is 2.53 bits per heavy atom. The van der Waals surface area contributed by atoms with Gasteiger partial charge >= 0.3 is 0 Å². The highest BCUT2D eigenvalue weighted by atomic mass is 16.2. The predicted octanol–water partition coefficient (Wildman–Crippen LogP) is 1.37. The van der Waals surface area contributed by atoms with Crippen LogP contribution in [0, 0.1) is 5.41 Å². The predicted molar refractivity (Wildman–Crippen MR) is 78.1 cm³/mol. The molecule has 2 N–H and O–H groups in total. The van der Waals surface area contributed by atoms with Crippen LogP contribution in [0.15, 0.2) is 0 Å². The number of nitrogens with one attached hydrogen (secondary N) is 2. The Kier molecular flexibility index (Phi) is 4.51. The Balaban J connectivity index is 1.86. The number of hydrogen-bond acceptors (Lipinski definition) is 3. The van der Waals surface area contributed by atoms with E-state index in [1.54, 1.807) is 0 Å². The fourth-order valence-corrected chi connectivity index (χ4v) is 3.26. The van der Waals surface area contributed by atoms with E-state index in [0.29, 0.717) is 0 Å². The Hall–Kier alpha value is -0.610. The first-order chi connectivity index (χ1) is 9.00. The molecule has 0 aromatic carbocycles. The van der Waals surface area contributed by atoms with Gasteiger partial charge in [-0.1, -0.05) is 13.8 Å². The SMILES string of the molecule is CCC1(C(=O)NCC2(C)CCN(C)CC2)CCCN1. The Morgan fingerprint density at radius 1 is 1.32 bits per heavy atom. The first kappa shape index (κ1) is 14.8. The number of rotatable bonds is 4. The van der Waals surface area contributed by atoms with E-state index in [1.807, 2.05) is 0 Å². The lowest BCUT2D eigenvalue weighted by molar-refractivity contribution is -0.128. The summed E-state index contributed by atoms with van der Waals surface area (Å²) in [6, 6.07) is 0. The molecule has 1 amide bonds. The fraction of sp³-hybridized carbons (Fsp3) is 0.933. The molecule has 110 valence electrons. The van der Waals surface area contributed by atoms with Crippen LogP contribution < -0.4 is 10.6 Å². The van der Waals surface area contributed by atoms with Gasteiger partial charge in [0.15, 0.2) is 0 Å². The number of carbonyl (C=O) groups excluding carboxylic acids is 1. The first-order valence-corrected chi connectivity index (χ1v) is 7.72. The summed E-state index contributed by atoms with van der Waals surface area (Å²) in [4.78, 5) is 14.8. The van der Waals surface area contributed by atoms with Crippen LogP contribution >= 0.6 is 0 Å². The summed E-state index contributed by atoms with van der Waals surface area (Å²) >= 11 is 0. The molecule has 0 aliphatic carbocycles. The zero-order valence-electron chi connectivity index (χ0n) is 12.7. The molecule has 2 aliphatic heterocycles. The van der Waals surface area contributed by atoms with Gasteiger partial charge in [0.1, 0.15) is 0 Å². The number of likely N-dealkylation sites (tertiary alicyclic amines) is 1. The molecule has 0 aromatic rings. The van der Waals surface area contributed by atoms with Crippen LogP contribution in [-0.2, 0) is 4.79 Å². The molecule has 0 aromatic heterocycles. The molecule has 1 atom stereocenters. The second kappa shape index (κ2) is 5.80. The lowest BCUT2D eigenvalue weighted by atomic mass is 9.80. The van der Waals surface area contributed by atoms with Crippen LogP contribution in [0.2, 0.25) is 0 Å². The van der Waals surface area contributed by atoms with Crippen LogP contribution in [0.4, 0.5) is 0 Å². The highest BCUT2D eigenvalue weighted by Crippen LogP contribution is 2.30. The average molecular weight is 267 g/mol. The molecule has 2 fully saturated rings. The molecule has 2 rings (SSSR count). The summed E-state index contributed by atoms with van der Waals surface area (Å²) in [6.07, 6.45) is 5.34. The second-order valence-corrected chi connectivity index (χ2v) is 6.76. The zero-order valence-corrected chi connectivity index (χ0v) is 12.7. The lowest BCUT2D eigenvalue weighted by Crippen LogP contribution is -2.55. The molecule has 0 radical (unpaired) electrons. The molecular formula is C15H29N3O. The van der Waals surface area contributed by atoms with E-state index in [0.717, 1.165) is 45.4 Å².